The minimum absolute atomic E-state index is 0.0359. The molecule has 0 amide bonds. The van der Waals surface area contributed by atoms with Gasteiger partial charge in [0.1, 0.15) is 41.1 Å². The average Bonchev–Trinajstić information content (AvgIpc) is 3.31. The molecule has 0 aliphatic carbocycles. The first kappa shape index (κ1) is 28.2. The third-order valence-corrected chi connectivity index (χ3v) is 8.12. The highest BCUT2D eigenvalue weighted by Crippen LogP contribution is 2.44. The fourth-order valence-corrected chi connectivity index (χ4v) is 5.45. The summed E-state index contributed by atoms with van der Waals surface area (Å²) < 4.78 is 23.3. The number of benzene rings is 4. The molecule has 7 nitrogen and oxygen atoms in total. The fraction of sp³-hybridized carbons (Fsp3) is 0.118. The monoisotopic (exact) mass is 610 g/mol. The summed E-state index contributed by atoms with van der Waals surface area (Å²) in [6.07, 6.45) is 0. The Kier molecular flexibility index (Phi) is 7.49. The van der Waals surface area contributed by atoms with Crippen LogP contribution in [0.5, 0.6) is 17.2 Å². The van der Waals surface area contributed by atoms with Crippen molar-refractivity contribution in [3.8, 4) is 23.3 Å². The Morgan fingerprint density at radius 1 is 0.977 bits per heavy atom. The summed E-state index contributed by atoms with van der Waals surface area (Å²) in [5, 5.41) is 11.9. The number of allylic oxidation sites excluding steroid dienone is 1. The van der Waals surface area contributed by atoms with E-state index in [4.69, 9.17) is 47.6 Å². The van der Waals surface area contributed by atoms with Crippen LogP contribution in [-0.4, -0.2) is 5.97 Å². The molecule has 2 heterocycles. The van der Waals surface area contributed by atoms with Gasteiger partial charge >= 0.3 is 5.97 Å². The molecule has 6 rings (SSSR count). The molecule has 0 saturated carbocycles. The molecule has 4 aromatic carbocycles. The van der Waals surface area contributed by atoms with Gasteiger partial charge in [-0.1, -0.05) is 59.6 Å². The van der Waals surface area contributed by atoms with Gasteiger partial charge in [-0.15, -0.1) is 0 Å². The molecule has 0 spiro atoms. The second-order valence-corrected chi connectivity index (χ2v) is 10.9. The van der Waals surface area contributed by atoms with Crippen molar-refractivity contribution >= 4 is 40.1 Å². The van der Waals surface area contributed by atoms with Crippen LogP contribution in [-0.2, 0) is 6.61 Å². The number of hydrogen-bond acceptors (Lipinski definition) is 7. The lowest BCUT2D eigenvalue weighted by atomic mass is 9.83. The van der Waals surface area contributed by atoms with Crippen LogP contribution in [0.3, 0.4) is 0 Å². The van der Waals surface area contributed by atoms with E-state index in [2.05, 4.69) is 6.07 Å². The van der Waals surface area contributed by atoms with Crippen molar-refractivity contribution in [2.75, 3.05) is 0 Å². The number of halogens is 2. The maximum atomic E-state index is 13.1. The van der Waals surface area contributed by atoms with Gasteiger partial charge in [0.05, 0.1) is 5.92 Å². The molecule has 214 valence electrons. The summed E-state index contributed by atoms with van der Waals surface area (Å²) in [7, 11) is 0. The lowest BCUT2D eigenvalue weighted by Gasteiger charge is -2.27. The number of hydrogen-bond donors (Lipinski definition) is 1. The topological polar surface area (TPSA) is 108 Å². The molecule has 0 bridgehead atoms. The van der Waals surface area contributed by atoms with Gasteiger partial charge in [-0.3, -0.25) is 0 Å². The quantitative estimate of drug-likeness (QED) is 0.152. The zero-order chi connectivity index (χ0) is 30.2. The predicted octanol–water partition coefficient (Wildman–Crippen LogP) is 8.37. The minimum atomic E-state index is -0.667. The summed E-state index contributed by atoms with van der Waals surface area (Å²) in [4.78, 5) is 13.1. The molecule has 5 aromatic rings. The van der Waals surface area contributed by atoms with Crippen LogP contribution >= 0.6 is 23.2 Å². The number of nitriles is 1. The Morgan fingerprint density at radius 3 is 2.58 bits per heavy atom. The van der Waals surface area contributed by atoms with Gasteiger partial charge in [-0.05, 0) is 61.4 Å². The second kappa shape index (κ2) is 11.4. The van der Waals surface area contributed by atoms with Gasteiger partial charge in [0.25, 0.3) is 0 Å². The summed E-state index contributed by atoms with van der Waals surface area (Å²) >= 11 is 12.6. The predicted molar refractivity (Wildman–Crippen MR) is 164 cm³/mol. The molecule has 0 radical (unpaired) electrons. The normalized spacial score (nSPS) is 14.2. The number of fused-ring (bicyclic) bond motifs is 2. The van der Waals surface area contributed by atoms with Crippen molar-refractivity contribution < 1.29 is 23.4 Å². The van der Waals surface area contributed by atoms with E-state index in [0.29, 0.717) is 38.3 Å². The SMILES string of the molecule is Cc1cc2oc(C(=O)Oc3ccc4c(c3)OC(N)=C(C#N)C4c3cccc(OCc4ccccc4Cl)c3)c(C)c2cc1Cl. The van der Waals surface area contributed by atoms with Crippen molar-refractivity contribution in [2.24, 2.45) is 5.73 Å². The van der Waals surface area contributed by atoms with E-state index in [1.807, 2.05) is 55.5 Å². The van der Waals surface area contributed by atoms with E-state index >= 15 is 0 Å². The van der Waals surface area contributed by atoms with Gasteiger partial charge in [-0.2, -0.15) is 5.26 Å². The van der Waals surface area contributed by atoms with E-state index in [0.717, 1.165) is 22.1 Å². The van der Waals surface area contributed by atoms with Gasteiger partial charge in [0.15, 0.2) is 0 Å². The first-order valence-corrected chi connectivity index (χ1v) is 14.1. The van der Waals surface area contributed by atoms with Gasteiger partial charge in [0.2, 0.25) is 11.6 Å². The lowest BCUT2D eigenvalue weighted by molar-refractivity contribution is 0.0702. The van der Waals surface area contributed by atoms with Crippen molar-refractivity contribution in [1.82, 2.24) is 0 Å². The molecule has 9 heteroatoms. The zero-order valence-electron chi connectivity index (χ0n) is 23.1. The van der Waals surface area contributed by atoms with Gasteiger partial charge < -0.3 is 24.4 Å². The molecule has 2 N–H and O–H groups in total. The molecule has 1 unspecified atom stereocenters. The molecular weight excluding hydrogens is 587 g/mol. The number of carbonyl (C=O) groups is 1. The summed E-state index contributed by atoms with van der Waals surface area (Å²) in [6, 6.07) is 25.6. The standard InChI is InChI=1S/C34H24Cl2N2O5/c1-18-12-29-25(15-28(18)36)19(2)32(42-29)34(39)41-23-10-11-24-30(14-23)43-33(38)26(16-37)31(24)20-7-5-8-22(13-20)40-17-21-6-3-4-9-27(21)35/h3-15,31H,17,38H2,1-2H3. The number of carbonyl (C=O) groups excluding carboxylic acids is 1. The van der Waals surface area contributed by atoms with Crippen LogP contribution in [0.1, 0.15) is 44.3 Å². The maximum Gasteiger partial charge on any atom is 0.379 e. The third-order valence-electron chi connectivity index (χ3n) is 7.35. The number of ether oxygens (including phenoxy) is 3. The Balaban J connectivity index is 1.28. The maximum absolute atomic E-state index is 13.1. The largest absolute Gasteiger partial charge is 0.489 e. The molecule has 43 heavy (non-hydrogen) atoms. The molecule has 1 aliphatic heterocycles. The van der Waals surface area contributed by atoms with E-state index in [-0.39, 0.29) is 29.6 Å². The van der Waals surface area contributed by atoms with Crippen LogP contribution in [0.15, 0.2) is 94.7 Å². The van der Waals surface area contributed by atoms with Crippen molar-refractivity contribution in [3.63, 3.8) is 0 Å². The Labute approximate surface area is 257 Å². The summed E-state index contributed by atoms with van der Waals surface area (Å²) in [5.74, 6) is 0.0237. The summed E-state index contributed by atoms with van der Waals surface area (Å²) in [5.41, 5.74) is 10.8. The molecule has 0 saturated heterocycles. The Morgan fingerprint density at radius 2 is 1.79 bits per heavy atom. The van der Waals surface area contributed by atoms with E-state index in [9.17, 15) is 10.1 Å². The molecule has 1 atom stereocenters. The molecule has 1 aliphatic rings. The Hall–Kier alpha value is -4.90. The van der Waals surface area contributed by atoms with Crippen molar-refractivity contribution in [2.45, 2.75) is 26.4 Å². The first-order chi connectivity index (χ1) is 20.7. The lowest BCUT2D eigenvalue weighted by Crippen LogP contribution is -2.21. The van der Waals surface area contributed by atoms with Crippen LogP contribution in [0.4, 0.5) is 0 Å². The van der Waals surface area contributed by atoms with Gasteiger partial charge in [-0.25, -0.2) is 4.79 Å². The highest BCUT2D eigenvalue weighted by atomic mass is 35.5. The number of nitrogens with two attached hydrogens (primary N) is 1. The number of aryl methyl sites for hydroxylation is 2. The third kappa shape index (κ3) is 5.39. The molecule has 0 fully saturated rings. The van der Waals surface area contributed by atoms with Crippen LogP contribution in [0.2, 0.25) is 10.0 Å². The molecule has 1 aromatic heterocycles. The summed E-state index contributed by atoms with van der Waals surface area (Å²) in [6.45, 7) is 3.92. The van der Waals surface area contributed by atoms with Crippen LogP contribution in [0.25, 0.3) is 11.0 Å². The van der Waals surface area contributed by atoms with Crippen molar-refractivity contribution in [1.29, 1.82) is 5.26 Å². The van der Waals surface area contributed by atoms with Crippen LogP contribution in [0, 0.1) is 25.2 Å². The minimum Gasteiger partial charge on any atom is -0.489 e. The van der Waals surface area contributed by atoms with Crippen molar-refractivity contribution in [3.05, 3.63) is 134 Å². The highest BCUT2D eigenvalue weighted by molar-refractivity contribution is 6.32. The average molecular weight is 611 g/mol. The van der Waals surface area contributed by atoms with Gasteiger partial charge in [0, 0.05) is 38.2 Å². The number of esters is 1. The van der Waals surface area contributed by atoms with E-state index in [1.54, 1.807) is 37.3 Å². The Bertz CT molecular complexity index is 1990. The second-order valence-electron chi connectivity index (χ2n) is 10.1. The van der Waals surface area contributed by atoms with E-state index in [1.165, 1.54) is 0 Å². The number of nitrogens with zero attached hydrogens (tertiary/aromatic N) is 1. The number of rotatable bonds is 6. The smallest absolute Gasteiger partial charge is 0.379 e. The molecular formula is C34H24Cl2N2O5. The number of furan rings is 1. The van der Waals surface area contributed by atoms with E-state index < -0.39 is 11.9 Å². The fourth-order valence-electron chi connectivity index (χ4n) is 5.09. The highest BCUT2D eigenvalue weighted by Gasteiger charge is 2.31. The van der Waals surface area contributed by atoms with Crippen LogP contribution < -0.4 is 19.9 Å². The first-order valence-electron chi connectivity index (χ1n) is 13.3. The zero-order valence-corrected chi connectivity index (χ0v) is 24.6.